The van der Waals surface area contributed by atoms with E-state index >= 15 is 0 Å². The van der Waals surface area contributed by atoms with E-state index in [2.05, 4.69) is 10.2 Å². The quantitative estimate of drug-likeness (QED) is 0.774. The molecule has 0 aromatic heterocycles. The van der Waals surface area contributed by atoms with Gasteiger partial charge in [-0.15, -0.1) is 0 Å². The van der Waals surface area contributed by atoms with Crippen LogP contribution in [0.25, 0.3) is 0 Å². The molecule has 0 radical (unpaired) electrons. The van der Waals surface area contributed by atoms with E-state index in [1.165, 1.54) is 11.0 Å². The highest BCUT2D eigenvalue weighted by atomic mass is 19.4. The van der Waals surface area contributed by atoms with Crippen LogP contribution in [-0.2, 0) is 27.0 Å². The summed E-state index contributed by atoms with van der Waals surface area (Å²) in [4.78, 5) is 28.4. The Bertz CT molecular complexity index is 735. The molecule has 1 aromatic carbocycles. The van der Waals surface area contributed by atoms with E-state index in [0.29, 0.717) is 25.3 Å². The van der Waals surface area contributed by atoms with Crippen molar-refractivity contribution in [3.8, 4) is 0 Å². The summed E-state index contributed by atoms with van der Waals surface area (Å²) >= 11 is 0. The summed E-state index contributed by atoms with van der Waals surface area (Å²) in [6.45, 7) is 5.80. The number of halogens is 3. The van der Waals surface area contributed by atoms with Gasteiger partial charge in [-0.05, 0) is 24.6 Å². The highest BCUT2D eigenvalue weighted by Gasteiger charge is 2.35. The van der Waals surface area contributed by atoms with Gasteiger partial charge >= 0.3 is 6.18 Å². The van der Waals surface area contributed by atoms with Crippen LogP contribution < -0.4 is 5.32 Å². The van der Waals surface area contributed by atoms with Gasteiger partial charge in [0.05, 0.1) is 24.7 Å². The molecule has 2 heterocycles. The van der Waals surface area contributed by atoms with Crippen molar-refractivity contribution in [2.45, 2.75) is 32.1 Å². The minimum Gasteiger partial charge on any atom is -0.379 e. The molecule has 0 spiro atoms. The Morgan fingerprint density at radius 2 is 2.03 bits per heavy atom. The summed E-state index contributed by atoms with van der Waals surface area (Å²) in [7, 11) is 0. The minimum atomic E-state index is -4.43. The van der Waals surface area contributed by atoms with E-state index in [0.717, 1.165) is 25.2 Å². The van der Waals surface area contributed by atoms with E-state index in [1.54, 1.807) is 6.07 Å². The summed E-state index contributed by atoms with van der Waals surface area (Å²) in [5.74, 6) is -0.890. The van der Waals surface area contributed by atoms with Crippen LogP contribution in [0.3, 0.4) is 0 Å². The highest BCUT2D eigenvalue weighted by molar-refractivity contribution is 5.89. The molecule has 2 aliphatic rings. The summed E-state index contributed by atoms with van der Waals surface area (Å²) in [6.07, 6.45) is -4.35. The molecule has 2 amide bonds. The summed E-state index contributed by atoms with van der Waals surface area (Å²) < 4.78 is 43.9. The van der Waals surface area contributed by atoms with Crippen molar-refractivity contribution in [1.82, 2.24) is 15.1 Å². The molecule has 6 nitrogen and oxygen atoms in total. The van der Waals surface area contributed by atoms with Gasteiger partial charge in [0.1, 0.15) is 0 Å². The number of carbonyl (C=O) groups excluding carboxylic acids is 2. The molecular weight excluding hydrogens is 387 g/mol. The van der Waals surface area contributed by atoms with Gasteiger partial charge in [0.25, 0.3) is 0 Å². The number of alkyl halides is 3. The summed E-state index contributed by atoms with van der Waals surface area (Å²) in [5, 5.41) is 2.91. The fourth-order valence-corrected chi connectivity index (χ4v) is 3.71. The predicted octanol–water partition coefficient (Wildman–Crippen LogP) is 1.89. The summed E-state index contributed by atoms with van der Waals surface area (Å²) in [5.41, 5.74) is -0.344. The molecule has 29 heavy (non-hydrogen) atoms. The van der Waals surface area contributed by atoms with Crippen molar-refractivity contribution in [2.24, 2.45) is 5.92 Å². The Labute approximate surface area is 168 Å². The van der Waals surface area contributed by atoms with Crippen LogP contribution >= 0.6 is 0 Å². The second-order valence-corrected chi connectivity index (χ2v) is 7.62. The van der Waals surface area contributed by atoms with Gasteiger partial charge in [-0.25, -0.2) is 0 Å². The van der Waals surface area contributed by atoms with Crippen molar-refractivity contribution in [3.05, 3.63) is 35.4 Å². The Morgan fingerprint density at radius 1 is 1.31 bits per heavy atom. The highest BCUT2D eigenvalue weighted by Crippen LogP contribution is 2.30. The average Bonchev–Trinajstić information content (AvgIpc) is 3.06. The topological polar surface area (TPSA) is 61.9 Å². The van der Waals surface area contributed by atoms with Gasteiger partial charge in [-0.3, -0.25) is 14.5 Å². The lowest BCUT2D eigenvalue weighted by Gasteiger charge is -2.32. The molecule has 2 saturated heterocycles. The number of nitrogens with one attached hydrogen (secondary N) is 1. The number of hydrogen-bond acceptors (Lipinski definition) is 4. The van der Waals surface area contributed by atoms with Gasteiger partial charge in [0.2, 0.25) is 11.8 Å². The Balaban J connectivity index is 1.51. The van der Waals surface area contributed by atoms with Crippen LogP contribution in [-0.4, -0.2) is 67.0 Å². The first kappa shape index (κ1) is 21.6. The molecule has 2 fully saturated rings. The third-order valence-corrected chi connectivity index (χ3v) is 5.45. The van der Waals surface area contributed by atoms with Crippen LogP contribution in [0.1, 0.15) is 24.5 Å². The molecule has 0 saturated carbocycles. The lowest BCUT2D eigenvalue weighted by molar-refractivity contribution is -0.137. The Morgan fingerprint density at radius 3 is 2.72 bits per heavy atom. The smallest absolute Gasteiger partial charge is 0.379 e. The zero-order valence-corrected chi connectivity index (χ0v) is 16.4. The first-order chi connectivity index (χ1) is 13.7. The van der Waals surface area contributed by atoms with Crippen LogP contribution in [0, 0.1) is 5.92 Å². The second kappa shape index (κ2) is 9.13. The maximum Gasteiger partial charge on any atom is 0.416 e. The standard InChI is InChI=1S/C20H26F3N3O3/c1-14(25-5-7-29-8-6-25)11-24-19(28)16-10-18(27)26(13-16)12-15-3-2-4-17(9-15)20(21,22)23/h2-4,9,14,16H,5-8,10-13H2,1H3,(H,24,28)/t14-,16+/m0/s1. The number of ether oxygens (including phenoxy) is 1. The molecule has 0 aliphatic carbocycles. The number of rotatable bonds is 6. The normalized spacial score (nSPS) is 22.0. The Hall–Kier alpha value is -2.13. The monoisotopic (exact) mass is 413 g/mol. The number of hydrogen-bond donors (Lipinski definition) is 1. The van der Waals surface area contributed by atoms with E-state index in [-0.39, 0.29) is 37.4 Å². The zero-order chi connectivity index (χ0) is 21.0. The van der Waals surface area contributed by atoms with Crippen molar-refractivity contribution in [3.63, 3.8) is 0 Å². The minimum absolute atomic E-state index is 0.0662. The fraction of sp³-hybridized carbons (Fsp3) is 0.600. The van der Waals surface area contributed by atoms with Gasteiger partial charge in [-0.2, -0.15) is 13.2 Å². The molecule has 3 rings (SSSR count). The maximum absolute atomic E-state index is 12.9. The maximum atomic E-state index is 12.9. The first-order valence-electron chi connectivity index (χ1n) is 9.77. The van der Waals surface area contributed by atoms with Crippen LogP contribution in [0.4, 0.5) is 13.2 Å². The molecule has 1 N–H and O–H groups in total. The number of nitrogens with zero attached hydrogens (tertiary/aromatic N) is 2. The van der Waals surface area contributed by atoms with E-state index < -0.39 is 17.7 Å². The Kier molecular flexibility index (Phi) is 6.79. The molecule has 160 valence electrons. The van der Waals surface area contributed by atoms with Crippen LogP contribution in [0.5, 0.6) is 0 Å². The van der Waals surface area contributed by atoms with E-state index in [4.69, 9.17) is 4.74 Å². The van der Waals surface area contributed by atoms with Crippen LogP contribution in [0.15, 0.2) is 24.3 Å². The molecule has 0 bridgehead atoms. The SMILES string of the molecule is C[C@@H](CNC(=O)[C@@H]1CC(=O)N(Cc2cccc(C(F)(F)F)c2)C1)N1CCOCC1. The lowest BCUT2D eigenvalue weighted by atomic mass is 10.1. The third kappa shape index (κ3) is 5.70. The van der Waals surface area contributed by atoms with E-state index in [1.807, 2.05) is 6.92 Å². The predicted molar refractivity (Wildman–Crippen MR) is 99.8 cm³/mol. The fourth-order valence-electron chi connectivity index (χ4n) is 3.71. The molecule has 9 heteroatoms. The molecule has 1 aromatic rings. The second-order valence-electron chi connectivity index (χ2n) is 7.62. The van der Waals surface area contributed by atoms with Crippen molar-refractivity contribution >= 4 is 11.8 Å². The zero-order valence-electron chi connectivity index (χ0n) is 16.4. The largest absolute Gasteiger partial charge is 0.416 e. The molecule has 2 atom stereocenters. The summed E-state index contributed by atoms with van der Waals surface area (Å²) in [6, 6.07) is 5.10. The van der Waals surface area contributed by atoms with Gasteiger partial charge in [-0.1, -0.05) is 12.1 Å². The third-order valence-electron chi connectivity index (χ3n) is 5.45. The van der Waals surface area contributed by atoms with Crippen molar-refractivity contribution < 1.29 is 27.5 Å². The number of benzene rings is 1. The number of morpholine rings is 1. The molecular formula is C20H26F3N3O3. The van der Waals surface area contributed by atoms with Gasteiger partial charge in [0, 0.05) is 45.2 Å². The number of carbonyl (C=O) groups is 2. The first-order valence-corrected chi connectivity index (χ1v) is 9.77. The van der Waals surface area contributed by atoms with Crippen molar-refractivity contribution in [2.75, 3.05) is 39.4 Å². The number of amides is 2. The van der Waals surface area contributed by atoms with Crippen LogP contribution in [0.2, 0.25) is 0 Å². The van der Waals surface area contributed by atoms with E-state index in [9.17, 15) is 22.8 Å². The van der Waals surface area contributed by atoms with Crippen molar-refractivity contribution in [1.29, 1.82) is 0 Å². The lowest BCUT2D eigenvalue weighted by Crippen LogP contribution is -2.48. The average molecular weight is 413 g/mol. The van der Waals surface area contributed by atoms with Gasteiger partial charge < -0.3 is 15.0 Å². The number of likely N-dealkylation sites (tertiary alicyclic amines) is 1. The molecule has 0 unspecified atom stereocenters. The molecule has 2 aliphatic heterocycles. The van der Waals surface area contributed by atoms with Gasteiger partial charge in [0.15, 0.2) is 0 Å².